The number of carbonyl (C=O) groups excluding carboxylic acids is 2. The number of hydrogen-bond donors (Lipinski definition) is 0. The standard InChI is InChI=1S/C20H25BrO7/c1-4-10-24-14-20(15-25-11-5-2,16-26-12-6-3)17-28-19(23)8-7-18(22)27-13-9-21/h1-3H,7-17H2. The lowest BCUT2D eigenvalue weighted by atomic mass is 9.92. The van der Waals surface area contributed by atoms with E-state index in [0.717, 1.165) is 0 Å². The first-order valence-electron chi connectivity index (χ1n) is 8.44. The van der Waals surface area contributed by atoms with E-state index in [1.165, 1.54) is 0 Å². The van der Waals surface area contributed by atoms with Gasteiger partial charge in [-0.15, -0.1) is 19.3 Å². The van der Waals surface area contributed by atoms with Crippen LogP contribution in [0.3, 0.4) is 0 Å². The number of hydrogen-bond acceptors (Lipinski definition) is 7. The summed E-state index contributed by atoms with van der Waals surface area (Å²) in [6, 6.07) is 0. The van der Waals surface area contributed by atoms with Gasteiger partial charge in [0.15, 0.2) is 0 Å². The molecule has 0 rings (SSSR count). The van der Waals surface area contributed by atoms with Gasteiger partial charge in [-0.05, 0) is 0 Å². The lowest BCUT2D eigenvalue weighted by Crippen LogP contribution is -2.42. The minimum Gasteiger partial charge on any atom is -0.465 e. The van der Waals surface area contributed by atoms with Crippen LogP contribution < -0.4 is 0 Å². The van der Waals surface area contributed by atoms with Gasteiger partial charge in [-0.1, -0.05) is 33.7 Å². The average Bonchev–Trinajstić information content (AvgIpc) is 2.69. The van der Waals surface area contributed by atoms with Crippen molar-refractivity contribution >= 4 is 27.9 Å². The zero-order chi connectivity index (χ0) is 21.1. The Labute approximate surface area is 174 Å². The van der Waals surface area contributed by atoms with Crippen LogP contribution in [0.4, 0.5) is 0 Å². The Morgan fingerprint density at radius 2 is 1.18 bits per heavy atom. The lowest BCUT2D eigenvalue weighted by molar-refractivity contribution is -0.157. The summed E-state index contributed by atoms with van der Waals surface area (Å²) in [6.07, 6.45) is 15.4. The van der Waals surface area contributed by atoms with Gasteiger partial charge in [0.1, 0.15) is 33.0 Å². The molecule has 0 radical (unpaired) electrons. The fourth-order valence-electron chi connectivity index (χ4n) is 1.96. The van der Waals surface area contributed by atoms with Gasteiger partial charge in [0, 0.05) is 5.33 Å². The molecule has 0 amide bonds. The van der Waals surface area contributed by atoms with Crippen molar-refractivity contribution in [2.24, 2.45) is 5.41 Å². The molecule has 0 aliphatic rings. The summed E-state index contributed by atoms with van der Waals surface area (Å²) in [5, 5.41) is 0.526. The molecule has 7 nitrogen and oxygen atoms in total. The van der Waals surface area contributed by atoms with E-state index in [1.807, 2.05) is 0 Å². The average molecular weight is 457 g/mol. The third-order valence-corrected chi connectivity index (χ3v) is 3.52. The molecule has 8 heteroatoms. The molecule has 0 aromatic heterocycles. The molecule has 0 bridgehead atoms. The van der Waals surface area contributed by atoms with E-state index in [0.29, 0.717) is 5.33 Å². The normalized spacial score (nSPS) is 10.4. The molecular weight excluding hydrogens is 432 g/mol. The van der Waals surface area contributed by atoms with E-state index in [4.69, 9.17) is 43.0 Å². The summed E-state index contributed by atoms with van der Waals surface area (Å²) in [4.78, 5) is 23.5. The summed E-state index contributed by atoms with van der Waals surface area (Å²) < 4.78 is 26.4. The number of carbonyl (C=O) groups is 2. The molecule has 0 aliphatic heterocycles. The fraction of sp³-hybridized carbons (Fsp3) is 0.600. The highest BCUT2D eigenvalue weighted by Gasteiger charge is 2.34. The SMILES string of the molecule is C#CCOCC(COCC#C)(COCC#C)COC(=O)CCC(=O)OCCBr. The number of halogens is 1. The second-order valence-corrected chi connectivity index (χ2v) is 6.45. The first-order valence-corrected chi connectivity index (χ1v) is 9.56. The van der Waals surface area contributed by atoms with Crippen molar-refractivity contribution < 1.29 is 33.3 Å². The van der Waals surface area contributed by atoms with Gasteiger partial charge in [0.25, 0.3) is 0 Å². The Morgan fingerprint density at radius 3 is 1.57 bits per heavy atom. The third-order valence-electron chi connectivity index (χ3n) is 3.19. The summed E-state index contributed by atoms with van der Waals surface area (Å²) >= 11 is 3.14. The Morgan fingerprint density at radius 1 is 0.750 bits per heavy atom. The third kappa shape index (κ3) is 13.2. The van der Waals surface area contributed by atoms with E-state index < -0.39 is 17.4 Å². The number of ether oxygens (including phenoxy) is 5. The second-order valence-electron chi connectivity index (χ2n) is 5.66. The van der Waals surface area contributed by atoms with Crippen LogP contribution >= 0.6 is 15.9 Å². The first kappa shape index (κ1) is 26.0. The molecule has 0 aromatic carbocycles. The van der Waals surface area contributed by atoms with Crippen LogP contribution in [0.25, 0.3) is 0 Å². The highest BCUT2D eigenvalue weighted by Crippen LogP contribution is 2.21. The van der Waals surface area contributed by atoms with Gasteiger partial charge < -0.3 is 23.7 Å². The molecule has 0 atom stereocenters. The van der Waals surface area contributed by atoms with Crippen LogP contribution in [0.1, 0.15) is 12.8 Å². The van der Waals surface area contributed by atoms with Crippen molar-refractivity contribution in [2.45, 2.75) is 12.8 Å². The zero-order valence-electron chi connectivity index (χ0n) is 15.7. The van der Waals surface area contributed by atoms with Gasteiger partial charge >= 0.3 is 11.9 Å². The maximum atomic E-state index is 12.0. The zero-order valence-corrected chi connectivity index (χ0v) is 17.3. The minimum atomic E-state index is -0.851. The van der Waals surface area contributed by atoms with E-state index in [1.54, 1.807) is 0 Å². The molecule has 0 N–H and O–H groups in total. The minimum absolute atomic E-state index is 0.0688. The number of esters is 2. The fourth-order valence-corrected chi connectivity index (χ4v) is 2.13. The van der Waals surface area contributed by atoms with Crippen LogP contribution in [0.2, 0.25) is 0 Å². The van der Waals surface area contributed by atoms with E-state index in [2.05, 4.69) is 33.7 Å². The van der Waals surface area contributed by atoms with Gasteiger partial charge in [0.2, 0.25) is 0 Å². The van der Waals surface area contributed by atoms with Crippen molar-refractivity contribution in [1.82, 2.24) is 0 Å². The predicted molar refractivity (Wildman–Crippen MR) is 106 cm³/mol. The van der Waals surface area contributed by atoms with Crippen molar-refractivity contribution in [2.75, 3.05) is 58.2 Å². The smallest absolute Gasteiger partial charge is 0.306 e. The predicted octanol–water partition coefficient (Wildman–Crippen LogP) is 1.18. The highest BCUT2D eigenvalue weighted by atomic mass is 79.9. The van der Waals surface area contributed by atoms with Crippen molar-refractivity contribution in [3.05, 3.63) is 0 Å². The topological polar surface area (TPSA) is 80.3 Å². The van der Waals surface area contributed by atoms with Crippen LogP contribution in [-0.2, 0) is 33.3 Å². The molecular formula is C20H25BrO7. The van der Waals surface area contributed by atoms with Crippen molar-refractivity contribution in [1.29, 1.82) is 0 Å². The molecule has 0 spiro atoms. The molecule has 0 fully saturated rings. The molecule has 0 unspecified atom stereocenters. The van der Waals surface area contributed by atoms with Crippen molar-refractivity contribution in [3.8, 4) is 37.0 Å². The quantitative estimate of drug-likeness (QED) is 0.149. The van der Waals surface area contributed by atoms with Crippen LogP contribution in [0, 0.1) is 42.4 Å². The summed E-state index contributed by atoms with van der Waals surface area (Å²) in [6.45, 7) is 0.676. The molecule has 0 aromatic rings. The van der Waals surface area contributed by atoms with E-state index in [-0.39, 0.29) is 65.7 Å². The van der Waals surface area contributed by atoms with Crippen LogP contribution in [0.15, 0.2) is 0 Å². The Bertz CT molecular complexity index is 533. The summed E-state index contributed by atoms with van der Waals surface area (Å²) in [7, 11) is 0. The Kier molecular flexibility index (Phi) is 15.9. The second kappa shape index (κ2) is 17.1. The first-order chi connectivity index (χ1) is 13.5. The van der Waals surface area contributed by atoms with Gasteiger partial charge in [-0.3, -0.25) is 9.59 Å². The molecule has 0 aliphatic carbocycles. The molecule has 28 heavy (non-hydrogen) atoms. The number of rotatable bonds is 16. The lowest BCUT2D eigenvalue weighted by Gasteiger charge is -2.31. The number of alkyl halides is 1. The monoisotopic (exact) mass is 456 g/mol. The Balaban J connectivity index is 4.81. The highest BCUT2D eigenvalue weighted by molar-refractivity contribution is 9.09. The number of terminal acetylenes is 3. The van der Waals surface area contributed by atoms with Crippen LogP contribution in [0.5, 0.6) is 0 Å². The summed E-state index contributed by atoms with van der Waals surface area (Å²) in [5.74, 6) is 6.03. The molecule has 0 heterocycles. The molecule has 0 saturated carbocycles. The maximum Gasteiger partial charge on any atom is 0.306 e. The molecule has 154 valence electrons. The van der Waals surface area contributed by atoms with E-state index in [9.17, 15) is 9.59 Å². The largest absolute Gasteiger partial charge is 0.465 e. The maximum absolute atomic E-state index is 12.0. The van der Waals surface area contributed by atoms with Gasteiger partial charge in [-0.25, -0.2) is 0 Å². The molecule has 0 saturated heterocycles. The van der Waals surface area contributed by atoms with Gasteiger partial charge in [0.05, 0.1) is 38.1 Å². The van der Waals surface area contributed by atoms with Crippen molar-refractivity contribution in [3.63, 3.8) is 0 Å². The summed E-state index contributed by atoms with van der Waals surface area (Å²) in [5.41, 5.74) is -0.851. The Hall–Kier alpha value is -2.02. The van der Waals surface area contributed by atoms with E-state index >= 15 is 0 Å². The van der Waals surface area contributed by atoms with Gasteiger partial charge in [-0.2, -0.15) is 0 Å². The van der Waals surface area contributed by atoms with Crippen LogP contribution in [-0.4, -0.2) is 70.1 Å².